The quantitative estimate of drug-likeness (QED) is 0.160. The van der Waals surface area contributed by atoms with Gasteiger partial charge in [0.15, 0.2) is 0 Å². The van der Waals surface area contributed by atoms with E-state index in [0.29, 0.717) is 0 Å². The van der Waals surface area contributed by atoms with E-state index in [4.69, 9.17) is 0 Å². The second-order valence-electron chi connectivity index (χ2n) is 22.3. The molecule has 330 valence electrons. The first kappa shape index (κ1) is 43.4. The lowest BCUT2D eigenvalue weighted by Gasteiger charge is -2.46. The topological polar surface area (TPSA) is 9.72 Å². The molecule has 2 aliphatic heterocycles. The van der Waals surface area contributed by atoms with E-state index in [-0.39, 0.29) is 23.0 Å². The van der Waals surface area contributed by atoms with E-state index < -0.39 is 0 Å². The predicted octanol–water partition coefficient (Wildman–Crippen LogP) is 15.5. The SMILES string of the molecule is Cc1ccc(N(c2cc3c4c(c2)N(c2cccc5ccccc25)c2ccc(C(C)(C)C)cc2B4c2cc(C(C)(C)C)ccc2N3c2ccc(C(C)(C)C)cc2)c2ccc(C)cc2C)c(C)c1. The maximum absolute atomic E-state index is 2.60. The molecular weight excluding hydrogens is 798 g/mol. The van der Waals surface area contributed by atoms with Gasteiger partial charge in [0.05, 0.1) is 11.4 Å². The molecule has 0 amide bonds. The lowest BCUT2D eigenvalue weighted by atomic mass is 9.33. The van der Waals surface area contributed by atoms with E-state index in [9.17, 15) is 0 Å². The van der Waals surface area contributed by atoms with Crippen LogP contribution in [0.15, 0.2) is 152 Å². The van der Waals surface area contributed by atoms with Crippen molar-refractivity contribution in [3.8, 4) is 0 Å². The number of rotatable bonds is 5. The molecule has 0 spiro atoms. The van der Waals surface area contributed by atoms with Crippen molar-refractivity contribution in [1.29, 1.82) is 0 Å². The minimum Gasteiger partial charge on any atom is -0.311 e. The van der Waals surface area contributed by atoms with Crippen LogP contribution in [0.4, 0.5) is 51.2 Å². The fourth-order valence-electron chi connectivity index (χ4n) is 10.6. The smallest absolute Gasteiger partial charge is 0.252 e. The van der Waals surface area contributed by atoms with Gasteiger partial charge >= 0.3 is 0 Å². The Labute approximate surface area is 394 Å². The highest BCUT2D eigenvalue weighted by Crippen LogP contribution is 2.50. The Morgan fingerprint density at radius 3 is 1.42 bits per heavy atom. The van der Waals surface area contributed by atoms with Crippen molar-refractivity contribution < 1.29 is 0 Å². The molecular formula is C62H64BN3. The van der Waals surface area contributed by atoms with Gasteiger partial charge in [-0.05, 0) is 148 Å². The molecule has 66 heavy (non-hydrogen) atoms. The second kappa shape index (κ2) is 15.5. The zero-order valence-corrected chi connectivity index (χ0v) is 41.4. The van der Waals surface area contributed by atoms with Gasteiger partial charge in [-0.3, -0.25) is 0 Å². The minimum absolute atomic E-state index is 0.0225. The minimum atomic E-state index is -0.0455. The van der Waals surface area contributed by atoms with Crippen LogP contribution in [0.25, 0.3) is 10.8 Å². The van der Waals surface area contributed by atoms with Gasteiger partial charge in [0.2, 0.25) is 0 Å². The first-order chi connectivity index (χ1) is 31.3. The summed E-state index contributed by atoms with van der Waals surface area (Å²) in [5.41, 5.74) is 23.6. The van der Waals surface area contributed by atoms with Gasteiger partial charge in [-0.2, -0.15) is 0 Å². The number of hydrogen-bond acceptors (Lipinski definition) is 3. The van der Waals surface area contributed by atoms with E-state index in [0.717, 1.165) is 11.4 Å². The van der Waals surface area contributed by atoms with E-state index in [1.807, 2.05) is 0 Å². The average molecular weight is 862 g/mol. The normalized spacial score (nSPS) is 13.4. The molecule has 4 heteroatoms. The van der Waals surface area contributed by atoms with Crippen LogP contribution >= 0.6 is 0 Å². The maximum Gasteiger partial charge on any atom is 0.252 e. The molecule has 10 rings (SSSR count). The molecule has 0 bridgehead atoms. The van der Waals surface area contributed by atoms with Crippen LogP contribution in [0.2, 0.25) is 0 Å². The van der Waals surface area contributed by atoms with E-state index in [2.05, 4.69) is 256 Å². The third kappa shape index (κ3) is 7.30. The zero-order chi connectivity index (χ0) is 46.6. The molecule has 2 heterocycles. The van der Waals surface area contributed by atoms with Gasteiger partial charge in [0.1, 0.15) is 0 Å². The second-order valence-corrected chi connectivity index (χ2v) is 22.3. The third-order valence-electron chi connectivity index (χ3n) is 14.2. The summed E-state index contributed by atoms with van der Waals surface area (Å²) in [5.74, 6) is 0. The molecule has 0 saturated carbocycles. The number of nitrogens with zero attached hydrogens (tertiary/aromatic N) is 3. The predicted molar refractivity (Wildman–Crippen MR) is 288 cm³/mol. The fraction of sp³-hybridized carbons (Fsp3) is 0.258. The van der Waals surface area contributed by atoms with Gasteiger partial charge in [0, 0.05) is 45.2 Å². The highest BCUT2D eigenvalue weighted by molar-refractivity contribution is 7.00. The first-order valence-electron chi connectivity index (χ1n) is 23.9. The molecule has 0 atom stereocenters. The summed E-state index contributed by atoms with van der Waals surface area (Å²) >= 11 is 0. The van der Waals surface area contributed by atoms with Crippen molar-refractivity contribution in [2.75, 3.05) is 14.7 Å². The molecule has 0 aliphatic carbocycles. The van der Waals surface area contributed by atoms with Crippen molar-refractivity contribution in [3.05, 3.63) is 191 Å². The van der Waals surface area contributed by atoms with Crippen molar-refractivity contribution >= 4 is 85.1 Å². The first-order valence-corrected chi connectivity index (χ1v) is 23.9. The van der Waals surface area contributed by atoms with Crippen LogP contribution < -0.4 is 31.1 Å². The molecule has 0 N–H and O–H groups in total. The van der Waals surface area contributed by atoms with Crippen molar-refractivity contribution in [2.45, 2.75) is 106 Å². The van der Waals surface area contributed by atoms with Crippen molar-refractivity contribution in [1.82, 2.24) is 0 Å². The Bertz CT molecular complexity index is 3150. The number of benzene rings is 8. The van der Waals surface area contributed by atoms with Crippen LogP contribution in [0, 0.1) is 27.7 Å². The Balaban J connectivity index is 1.39. The van der Waals surface area contributed by atoms with Gasteiger partial charge in [-0.25, -0.2) is 0 Å². The summed E-state index contributed by atoms with van der Waals surface area (Å²) in [6, 6.07) is 58.5. The lowest BCUT2D eigenvalue weighted by molar-refractivity contribution is 0.590. The van der Waals surface area contributed by atoms with Crippen molar-refractivity contribution in [3.63, 3.8) is 0 Å². The Morgan fingerprint density at radius 1 is 0.409 bits per heavy atom. The fourth-order valence-corrected chi connectivity index (χ4v) is 10.6. The monoisotopic (exact) mass is 862 g/mol. The van der Waals surface area contributed by atoms with E-state index >= 15 is 0 Å². The molecule has 3 nitrogen and oxygen atoms in total. The average Bonchev–Trinajstić information content (AvgIpc) is 3.26. The van der Waals surface area contributed by atoms with Crippen LogP contribution in [-0.4, -0.2) is 6.71 Å². The van der Waals surface area contributed by atoms with E-state index in [1.54, 1.807) is 0 Å². The maximum atomic E-state index is 2.60. The highest BCUT2D eigenvalue weighted by atomic mass is 15.2. The summed E-state index contributed by atoms with van der Waals surface area (Å²) in [6.45, 7) is 29.8. The molecule has 8 aromatic carbocycles. The number of aryl methyl sites for hydroxylation is 4. The number of hydrogen-bond donors (Lipinski definition) is 0. The van der Waals surface area contributed by atoms with Gasteiger partial charge in [-0.1, -0.05) is 171 Å². The third-order valence-corrected chi connectivity index (χ3v) is 14.2. The van der Waals surface area contributed by atoms with Crippen LogP contribution in [0.3, 0.4) is 0 Å². The van der Waals surface area contributed by atoms with Gasteiger partial charge in [-0.15, -0.1) is 0 Å². The largest absolute Gasteiger partial charge is 0.311 e. The Hall–Kier alpha value is -6.52. The molecule has 0 saturated heterocycles. The Kier molecular flexibility index (Phi) is 10.2. The molecule has 0 radical (unpaired) electrons. The molecule has 0 fully saturated rings. The summed E-state index contributed by atoms with van der Waals surface area (Å²) < 4.78 is 0. The van der Waals surface area contributed by atoms with Crippen LogP contribution in [0.5, 0.6) is 0 Å². The Morgan fingerprint density at radius 2 is 0.894 bits per heavy atom. The van der Waals surface area contributed by atoms with Crippen LogP contribution in [0.1, 0.15) is 101 Å². The summed E-state index contributed by atoms with van der Waals surface area (Å²) in [6.07, 6.45) is 0. The summed E-state index contributed by atoms with van der Waals surface area (Å²) in [5, 5.41) is 2.45. The van der Waals surface area contributed by atoms with E-state index in [1.165, 1.54) is 106 Å². The van der Waals surface area contributed by atoms with Crippen LogP contribution in [-0.2, 0) is 16.2 Å². The molecule has 2 aliphatic rings. The van der Waals surface area contributed by atoms with Gasteiger partial charge in [0.25, 0.3) is 6.71 Å². The van der Waals surface area contributed by atoms with Crippen molar-refractivity contribution in [2.24, 2.45) is 0 Å². The summed E-state index contributed by atoms with van der Waals surface area (Å²) in [4.78, 5) is 7.70. The standard InChI is InChI=1S/C62H64BN3/c1-39-21-29-52(41(3)33-39)65(53-30-22-40(2)34-42(53)4)48-37-57-59-58(38-48)66(54-20-16-18-43-17-14-15-19-49(43)54)56-32-26-46(62(11,12)13)36-51(56)63(59)50-35-45(61(8,9)10)25-31-55(50)64(57)47-27-23-44(24-28-47)60(5,6)7/h14-38H,1-13H3. The lowest BCUT2D eigenvalue weighted by Crippen LogP contribution is -2.61. The number of anilines is 9. The zero-order valence-electron chi connectivity index (χ0n) is 41.4. The molecule has 8 aromatic rings. The number of fused-ring (bicyclic) bond motifs is 5. The summed E-state index contributed by atoms with van der Waals surface area (Å²) in [7, 11) is 0. The molecule has 0 aromatic heterocycles. The highest BCUT2D eigenvalue weighted by Gasteiger charge is 2.45. The molecule has 0 unspecified atom stereocenters. The van der Waals surface area contributed by atoms with Gasteiger partial charge < -0.3 is 14.7 Å².